The van der Waals surface area contributed by atoms with Gasteiger partial charge in [0.05, 0.1) is 11.9 Å². The first-order chi connectivity index (χ1) is 14.7. The number of carbonyl (C=O) groups excluding carboxylic acids is 1. The third-order valence-corrected chi connectivity index (χ3v) is 4.33. The highest BCUT2D eigenvalue weighted by Crippen LogP contribution is 2.39. The topological polar surface area (TPSA) is 100 Å². The van der Waals surface area contributed by atoms with Crippen LogP contribution in [0.15, 0.2) is 34.1 Å². The largest absolute Gasteiger partial charge is 0.573 e. The molecule has 32 heavy (non-hydrogen) atoms. The maximum Gasteiger partial charge on any atom is 0.573 e. The first-order valence-corrected chi connectivity index (χ1v) is 8.56. The molecular weight excluding hydrogens is 452 g/mol. The SMILES string of the molecule is Cn1c(=O)c2c(ncn2CC(=O)Nc2ccc(OC(F)(F)F)c(C(F)(F)F)c2)n(C)c1=O. The van der Waals surface area contributed by atoms with Crippen LogP contribution >= 0.6 is 0 Å². The summed E-state index contributed by atoms with van der Waals surface area (Å²) in [6, 6.07) is 1.50. The summed E-state index contributed by atoms with van der Waals surface area (Å²) in [5, 5.41) is 2.11. The van der Waals surface area contributed by atoms with E-state index in [1.807, 2.05) is 0 Å². The van der Waals surface area contributed by atoms with E-state index >= 15 is 0 Å². The zero-order valence-electron chi connectivity index (χ0n) is 16.2. The summed E-state index contributed by atoms with van der Waals surface area (Å²) >= 11 is 0. The van der Waals surface area contributed by atoms with Gasteiger partial charge in [-0.2, -0.15) is 13.2 Å². The van der Waals surface area contributed by atoms with E-state index in [4.69, 9.17) is 0 Å². The molecule has 0 fully saturated rings. The Bertz CT molecular complexity index is 1320. The van der Waals surface area contributed by atoms with E-state index in [2.05, 4.69) is 15.0 Å². The van der Waals surface area contributed by atoms with Crippen LogP contribution in [0.3, 0.4) is 0 Å². The molecule has 3 rings (SSSR count). The molecule has 1 aromatic carbocycles. The maximum atomic E-state index is 13.1. The molecule has 1 N–H and O–H groups in total. The van der Waals surface area contributed by atoms with Gasteiger partial charge in [0.25, 0.3) is 5.56 Å². The van der Waals surface area contributed by atoms with Crippen LogP contribution in [-0.4, -0.2) is 31.0 Å². The van der Waals surface area contributed by atoms with Gasteiger partial charge in [-0.1, -0.05) is 0 Å². The number of halogens is 6. The number of imidazole rings is 1. The average Bonchev–Trinajstić information content (AvgIpc) is 3.07. The van der Waals surface area contributed by atoms with E-state index < -0.39 is 53.2 Å². The molecule has 0 spiro atoms. The Hall–Kier alpha value is -3.78. The van der Waals surface area contributed by atoms with Crippen LogP contribution in [0.2, 0.25) is 0 Å². The molecule has 15 heteroatoms. The molecule has 0 aliphatic heterocycles. The third-order valence-electron chi connectivity index (χ3n) is 4.33. The maximum absolute atomic E-state index is 13.1. The smallest absolute Gasteiger partial charge is 0.405 e. The fourth-order valence-corrected chi connectivity index (χ4v) is 2.92. The quantitative estimate of drug-likeness (QED) is 0.595. The number of benzene rings is 1. The standard InChI is InChI=1S/C17H13F6N5O4/c1-26-13-12(14(30)27(2)15(26)31)28(7-24-13)6-11(29)25-8-3-4-10(32-17(21,22)23)9(5-8)16(18,19)20/h3-5,7H,6H2,1-2H3,(H,25,29). The van der Waals surface area contributed by atoms with Crippen LogP contribution in [-0.2, 0) is 31.6 Å². The first-order valence-electron chi connectivity index (χ1n) is 8.56. The molecule has 0 bridgehead atoms. The number of aromatic nitrogens is 4. The van der Waals surface area contributed by atoms with Crippen molar-refractivity contribution in [2.45, 2.75) is 19.1 Å². The van der Waals surface area contributed by atoms with Crippen molar-refractivity contribution in [3.8, 4) is 5.75 Å². The van der Waals surface area contributed by atoms with Gasteiger partial charge in [0.15, 0.2) is 11.2 Å². The molecule has 172 valence electrons. The highest BCUT2D eigenvalue weighted by Gasteiger charge is 2.39. The lowest BCUT2D eigenvalue weighted by atomic mass is 10.1. The number of anilines is 1. The second-order valence-corrected chi connectivity index (χ2v) is 6.56. The van der Waals surface area contributed by atoms with E-state index in [1.165, 1.54) is 14.1 Å². The van der Waals surface area contributed by atoms with Crippen LogP contribution in [0.25, 0.3) is 11.2 Å². The van der Waals surface area contributed by atoms with Crippen molar-refractivity contribution in [1.82, 2.24) is 18.7 Å². The van der Waals surface area contributed by atoms with Gasteiger partial charge in [0.2, 0.25) is 5.91 Å². The molecule has 1 amide bonds. The van der Waals surface area contributed by atoms with E-state index in [-0.39, 0.29) is 17.2 Å². The lowest BCUT2D eigenvalue weighted by Gasteiger charge is -2.16. The Kier molecular flexibility index (Phi) is 5.53. The molecule has 2 heterocycles. The summed E-state index contributed by atoms with van der Waals surface area (Å²) in [5.41, 5.74) is -3.72. The van der Waals surface area contributed by atoms with Crippen LogP contribution in [0.5, 0.6) is 5.75 Å². The van der Waals surface area contributed by atoms with Crippen molar-refractivity contribution in [2.24, 2.45) is 14.1 Å². The Balaban J connectivity index is 1.90. The van der Waals surface area contributed by atoms with Gasteiger partial charge in [0, 0.05) is 19.8 Å². The van der Waals surface area contributed by atoms with Gasteiger partial charge in [0.1, 0.15) is 12.3 Å². The second-order valence-electron chi connectivity index (χ2n) is 6.56. The van der Waals surface area contributed by atoms with E-state index in [9.17, 15) is 40.7 Å². The van der Waals surface area contributed by atoms with Crippen molar-refractivity contribution < 1.29 is 35.9 Å². The van der Waals surface area contributed by atoms with E-state index in [1.54, 1.807) is 0 Å². The van der Waals surface area contributed by atoms with Crippen molar-refractivity contribution in [2.75, 3.05) is 5.32 Å². The van der Waals surface area contributed by atoms with Crippen LogP contribution in [0.4, 0.5) is 32.0 Å². The van der Waals surface area contributed by atoms with Gasteiger partial charge in [-0.3, -0.25) is 18.7 Å². The van der Waals surface area contributed by atoms with Gasteiger partial charge >= 0.3 is 18.2 Å². The Labute approximate surface area is 173 Å². The van der Waals surface area contributed by atoms with Crippen molar-refractivity contribution >= 4 is 22.8 Å². The highest BCUT2D eigenvalue weighted by molar-refractivity contribution is 5.91. The lowest BCUT2D eigenvalue weighted by molar-refractivity contribution is -0.276. The van der Waals surface area contributed by atoms with Gasteiger partial charge < -0.3 is 14.6 Å². The predicted molar refractivity (Wildman–Crippen MR) is 97.0 cm³/mol. The minimum absolute atomic E-state index is 0.0149. The zero-order valence-corrected chi connectivity index (χ0v) is 16.2. The average molecular weight is 465 g/mol. The summed E-state index contributed by atoms with van der Waals surface area (Å²) in [6.07, 6.45) is -9.45. The fraction of sp³-hybridized carbons (Fsp3) is 0.294. The first kappa shape index (κ1) is 22.9. The molecule has 0 aliphatic carbocycles. The number of fused-ring (bicyclic) bond motifs is 1. The number of amides is 1. The third kappa shape index (κ3) is 4.45. The number of aryl methyl sites for hydroxylation is 1. The summed E-state index contributed by atoms with van der Waals surface area (Å²) in [4.78, 5) is 40.5. The molecule has 0 unspecified atom stereocenters. The Morgan fingerprint density at radius 2 is 1.75 bits per heavy atom. The van der Waals surface area contributed by atoms with Crippen molar-refractivity contribution in [3.05, 3.63) is 50.9 Å². The molecule has 0 radical (unpaired) electrons. The fourth-order valence-electron chi connectivity index (χ4n) is 2.92. The number of ether oxygens (including phenoxy) is 1. The minimum atomic E-state index is -5.35. The van der Waals surface area contributed by atoms with E-state index in [0.29, 0.717) is 6.07 Å². The van der Waals surface area contributed by atoms with Gasteiger partial charge in [-0.25, -0.2) is 9.78 Å². The highest BCUT2D eigenvalue weighted by atomic mass is 19.4. The number of nitrogens with one attached hydrogen (secondary N) is 1. The molecule has 3 aromatic rings. The number of hydrogen-bond donors (Lipinski definition) is 1. The second kappa shape index (κ2) is 7.72. The molecule has 0 saturated heterocycles. The predicted octanol–water partition coefficient (Wildman–Crippen LogP) is 1.99. The molecule has 0 atom stereocenters. The van der Waals surface area contributed by atoms with Crippen LogP contribution < -0.4 is 21.3 Å². The van der Waals surface area contributed by atoms with Crippen LogP contribution in [0, 0.1) is 0 Å². The molecule has 2 aromatic heterocycles. The summed E-state index contributed by atoms with van der Waals surface area (Å²) in [5.74, 6) is -2.38. The Morgan fingerprint density at radius 3 is 2.34 bits per heavy atom. The normalized spacial score (nSPS) is 12.2. The molecule has 0 saturated carbocycles. The van der Waals surface area contributed by atoms with Crippen LogP contribution in [0.1, 0.15) is 5.56 Å². The summed E-state index contributed by atoms with van der Waals surface area (Å²) in [6.45, 7) is -0.577. The van der Waals surface area contributed by atoms with E-state index in [0.717, 1.165) is 26.1 Å². The number of rotatable bonds is 4. The monoisotopic (exact) mass is 465 g/mol. The minimum Gasteiger partial charge on any atom is -0.405 e. The molecular formula is C17H13F6N5O4. The van der Waals surface area contributed by atoms with Gasteiger partial charge in [-0.05, 0) is 18.2 Å². The number of hydrogen-bond acceptors (Lipinski definition) is 5. The molecule has 9 nitrogen and oxygen atoms in total. The Morgan fingerprint density at radius 1 is 1.09 bits per heavy atom. The van der Waals surface area contributed by atoms with Crippen molar-refractivity contribution in [1.29, 1.82) is 0 Å². The number of alkyl halides is 6. The summed E-state index contributed by atoms with van der Waals surface area (Å²) in [7, 11) is 2.56. The number of nitrogens with zero attached hydrogens (tertiary/aromatic N) is 4. The lowest BCUT2D eigenvalue weighted by Crippen LogP contribution is -2.37. The zero-order chi connectivity index (χ0) is 24.0. The number of carbonyl (C=O) groups is 1. The van der Waals surface area contributed by atoms with Gasteiger partial charge in [-0.15, -0.1) is 13.2 Å². The van der Waals surface area contributed by atoms with Crippen molar-refractivity contribution in [3.63, 3.8) is 0 Å². The summed E-state index contributed by atoms with van der Waals surface area (Å²) < 4.78 is 82.8. The molecule has 0 aliphatic rings.